The minimum absolute atomic E-state index is 0.227. The van der Waals surface area contributed by atoms with Crippen molar-refractivity contribution in [1.29, 1.82) is 0 Å². The molecule has 2 aromatic carbocycles. The molecule has 0 saturated heterocycles. The fourth-order valence-electron chi connectivity index (χ4n) is 2.83. The average molecular weight is 329 g/mol. The molecule has 0 atom stereocenters. The van der Waals surface area contributed by atoms with Gasteiger partial charge in [0, 0.05) is 11.8 Å². The van der Waals surface area contributed by atoms with Gasteiger partial charge in [-0.05, 0) is 37.3 Å². The molecule has 5 heteroatoms. The third-order valence-corrected chi connectivity index (χ3v) is 4.08. The van der Waals surface area contributed by atoms with Gasteiger partial charge in [-0.25, -0.2) is 14.8 Å². The van der Waals surface area contributed by atoms with Gasteiger partial charge in [-0.1, -0.05) is 35.9 Å². The van der Waals surface area contributed by atoms with Crippen LogP contribution in [0.2, 0.25) is 0 Å². The van der Waals surface area contributed by atoms with E-state index in [1.54, 1.807) is 24.4 Å². The van der Waals surface area contributed by atoms with Gasteiger partial charge in [-0.15, -0.1) is 0 Å². The van der Waals surface area contributed by atoms with E-state index in [2.05, 4.69) is 4.98 Å². The minimum atomic E-state index is -0.962. The average Bonchev–Trinajstić information content (AvgIpc) is 3.02. The molecule has 4 rings (SSSR count). The highest BCUT2D eigenvalue weighted by atomic mass is 16.4. The number of hydrogen-bond acceptors (Lipinski definition) is 3. The fourth-order valence-corrected chi connectivity index (χ4v) is 2.83. The van der Waals surface area contributed by atoms with Crippen LogP contribution < -0.4 is 0 Å². The minimum Gasteiger partial charge on any atom is -0.478 e. The van der Waals surface area contributed by atoms with Crippen LogP contribution in [0.25, 0.3) is 28.2 Å². The first-order valence-corrected chi connectivity index (χ1v) is 7.88. The summed E-state index contributed by atoms with van der Waals surface area (Å²) in [6.07, 6.45) is 1.71. The molecule has 25 heavy (non-hydrogen) atoms. The van der Waals surface area contributed by atoms with Crippen molar-refractivity contribution in [2.24, 2.45) is 0 Å². The number of carboxylic acids is 1. The normalized spacial score (nSPS) is 10.9. The molecule has 2 aromatic heterocycles. The molecule has 1 N–H and O–H groups in total. The Labute approximate surface area is 144 Å². The van der Waals surface area contributed by atoms with Crippen LogP contribution in [0.4, 0.5) is 0 Å². The smallest absolute Gasteiger partial charge is 0.335 e. The number of imidazole rings is 1. The molecule has 0 unspecified atom stereocenters. The van der Waals surface area contributed by atoms with Crippen LogP contribution in [-0.4, -0.2) is 25.6 Å². The van der Waals surface area contributed by atoms with Gasteiger partial charge in [0.2, 0.25) is 0 Å². The number of carbonyl (C=O) groups is 1. The molecule has 0 bridgehead atoms. The Bertz CT molecular complexity index is 1080. The van der Waals surface area contributed by atoms with Gasteiger partial charge < -0.3 is 5.11 Å². The Balaban J connectivity index is 2.01. The zero-order chi connectivity index (χ0) is 17.4. The molecule has 0 fully saturated rings. The molecule has 0 radical (unpaired) electrons. The van der Waals surface area contributed by atoms with Crippen LogP contribution in [0, 0.1) is 6.92 Å². The predicted octanol–water partition coefficient (Wildman–Crippen LogP) is 4.09. The number of fused-ring (bicyclic) bond motifs is 1. The summed E-state index contributed by atoms with van der Waals surface area (Å²) < 4.78 is 1.90. The molecular weight excluding hydrogens is 314 g/mol. The molecule has 2 heterocycles. The molecule has 122 valence electrons. The second kappa shape index (κ2) is 5.87. The highest BCUT2D eigenvalue weighted by Crippen LogP contribution is 2.28. The fraction of sp³-hybridized carbons (Fsp3) is 0.0500. The molecule has 0 spiro atoms. The van der Waals surface area contributed by atoms with Crippen LogP contribution in [0.15, 0.2) is 66.9 Å². The summed E-state index contributed by atoms with van der Waals surface area (Å²) in [6.45, 7) is 2.03. The summed E-state index contributed by atoms with van der Waals surface area (Å²) in [5, 5.41) is 9.30. The summed E-state index contributed by atoms with van der Waals surface area (Å²) in [5.41, 5.74) is 4.52. The first-order chi connectivity index (χ1) is 12.1. The first kappa shape index (κ1) is 15.1. The number of hydrogen-bond donors (Lipinski definition) is 1. The van der Waals surface area contributed by atoms with Crippen LogP contribution in [0.5, 0.6) is 0 Å². The van der Waals surface area contributed by atoms with Crippen molar-refractivity contribution < 1.29 is 9.90 Å². The van der Waals surface area contributed by atoms with Gasteiger partial charge in [0.25, 0.3) is 0 Å². The van der Waals surface area contributed by atoms with Gasteiger partial charge in [-0.3, -0.25) is 4.57 Å². The summed E-state index contributed by atoms with van der Waals surface area (Å²) in [6, 6.07) is 18.6. The monoisotopic (exact) mass is 329 g/mol. The van der Waals surface area contributed by atoms with Crippen LogP contribution >= 0.6 is 0 Å². The number of aryl methyl sites for hydroxylation is 1. The summed E-state index contributed by atoms with van der Waals surface area (Å²) in [5.74, 6) is -0.229. The number of aromatic nitrogens is 3. The second-order valence-corrected chi connectivity index (χ2v) is 5.84. The maximum atomic E-state index is 11.3. The number of rotatable bonds is 3. The molecule has 5 nitrogen and oxygen atoms in total. The molecule has 0 amide bonds. The summed E-state index contributed by atoms with van der Waals surface area (Å²) in [7, 11) is 0. The lowest BCUT2D eigenvalue weighted by Gasteiger charge is -2.10. The molecule has 0 aliphatic rings. The van der Waals surface area contributed by atoms with E-state index >= 15 is 0 Å². The van der Waals surface area contributed by atoms with Crippen molar-refractivity contribution in [3.05, 3.63) is 78.0 Å². The topological polar surface area (TPSA) is 68.0 Å². The third kappa shape index (κ3) is 2.65. The molecule has 4 aromatic rings. The number of benzene rings is 2. The number of nitrogens with zero attached hydrogens (tertiary/aromatic N) is 3. The first-order valence-electron chi connectivity index (χ1n) is 7.88. The number of pyridine rings is 1. The van der Waals surface area contributed by atoms with Crippen molar-refractivity contribution in [2.45, 2.75) is 6.92 Å². The summed E-state index contributed by atoms with van der Waals surface area (Å²) >= 11 is 0. The lowest BCUT2D eigenvalue weighted by atomic mass is 10.1. The zero-order valence-electron chi connectivity index (χ0n) is 13.5. The molecular formula is C20H15N3O2. The second-order valence-electron chi connectivity index (χ2n) is 5.84. The molecule has 0 saturated carbocycles. The largest absolute Gasteiger partial charge is 0.478 e. The third-order valence-electron chi connectivity index (χ3n) is 4.08. The maximum absolute atomic E-state index is 11.3. The van der Waals surface area contributed by atoms with Crippen molar-refractivity contribution in [1.82, 2.24) is 14.5 Å². The SMILES string of the molecule is Cc1ccc(-c2nc3cccnc3n2-c2cccc(C(=O)O)c2)cc1. The van der Waals surface area contributed by atoms with Crippen molar-refractivity contribution in [3.63, 3.8) is 0 Å². The van der Waals surface area contributed by atoms with Crippen molar-refractivity contribution in [2.75, 3.05) is 0 Å². The Kier molecular flexibility index (Phi) is 3.54. The van der Waals surface area contributed by atoms with E-state index in [9.17, 15) is 9.90 Å². The lowest BCUT2D eigenvalue weighted by molar-refractivity contribution is 0.0697. The van der Waals surface area contributed by atoms with E-state index in [1.807, 2.05) is 54.0 Å². The Morgan fingerprint density at radius 1 is 1.04 bits per heavy atom. The van der Waals surface area contributed by atoms with Gasteiger partial charge >= 0.3 is 5.97 Å². The number of aromatic carboxylic acids is 1. The number of carboxylic acid groups (broad SMARTS) is 1. The van der Waals surface area contributed by atoms with Crippen LogP contribution in [0.1, 0.15) is 15.9 Å². The van der Waals surface area contributed by atoms with E-state index in [4.69, 9.17) is 4.98 Å². The highest BCUT2D eigenvalue weighted by Gasteiger charge is 2.16. The van der Waals surface area contributed by atoms with Gasteiger partial charge in [0.15, 0.2) is 5.65 Å². The zero-order valence-corrected chi connectivity index (χ0v) is 13.5. The van der Waals surface area contributed by atoms with Gasteiger partial charge in [-0.2, -0.15) is 0 Å². The standard InChI is InChI=1S/C20H15N3O2/c1-13-7-9-14(10-8-13)18-22-17-6-3-11-21-19(17)23(18)16-5-2-4-15(12-16)20(24)25/h2-12H,1H3,(H,24,25). The lowest BCUT2D eigenvalue weighted by Crippen LogP contribution is -2.02. The highest BCUT2D eigenvalue weighted by molar-refractivity contribution is 5.89. The van der Waals surface area contributed by atoms with E-state index in [0.29, 0.717) is 5.65 Å². The van der Waals surface area contributed by atoms with Crippen LogP contribution in [-0.2, 0) is 0 Å². The van der Waals surface area contributed by atoms with E-state index in [0.717, 1.165) is 28.2 Å². The predicted molar refractivity (Wildman–Crippen MR) is 96.0 cm³/mol. The van der Waals surface area contributed by atoms with E-state index in [1.165, 1.54) is 0 Å². The van der Waals surface area contributed by atoms with Crippen molar-refractivity contribution >= 4 is 17.1 Å². The molecule has 0 aliphatic heterocycles. The van der Waals surface area contributed by atoms with E-state index < -0.39 is 5.97 Å². The van der Waals surface area contributed by atoms with Crippen molar-refractivity contribution in [3.8, 4) is 17.1 Å². The van der Waals surface area contributed by atoms with Gasteiger partial charge in [0.05, 0.1) is 11.3 Å². The van der Waals surface area contributed by atoms with Gasteiger partial charge in [0.1, 0.15) is 11.3 Å². The summed E-state index contributed by atoms with van der Waals surface area (Å²) in [4.78, 5) is 20.5. The Hall–Kier alpha value is -3.47. The quantitative estimate of drug-likeness (QED) is 0.614. The Morgan fingerprint density at radius 2 is 1.84 bits per heavy atom. The maximum Gasteiger partial charge on any atom is 0.335 e. The Morgan fingerprint density at radius 3 is 2.60 bits per heavy atom. The van der Waals surface area contributed by atoms with Crippen LogP contribution in [0.3, 0.4) is 0 Å². The molecule has 0 aliphatic carbocycles. The van der Waals surface area contributed by atoms with E-state index in [-0.39, 0.29) is 5.56 Å².